The number of carbonyl (C=O) groups excluding carboxylic acids is 1. The van der Waals surface area contributed by atoms with Gasteiger partial charge in [0.1, 0.15) is 5.82 Å². The molecule has 3 N–H and O–H groups in total. The van der Waals surface area contributed by atoms with Crippen LogP contribution in [0.4, 0.5) is 11.5 Å². The highest BCUT2D eigenvalue weighted by Gasteiger charge is 2.12. The van der Waals surface area contributed by atoms with Crippen LogP contribution in [0.2, 0.25) is 15.1 Å². The third-order valence-corrected chi connectivity index (χ3v) is 4.12. The molecule has 0 spiro atoms. The van der Waals surface area contributed by atoms with Crippen LogP contribution in [-0.4, -0.2) is 21.6 Å². The SMILES string of the molecule is Cc1cc(N)nc(SCC(=O)Nc2c(Cl)cc(Cl)cc2Cl)n1. The van der Waals surface area contributed by atoms with Gasteiger partial charge in [-0.1, -0.05) is 46.6 Å². The number of benzene rings is 1. The topological polar surface area (TPSA) is 80.9 Å². The zero-order valence-corrected chi connectivity index (χ0v) is 14.4. The summed E-state index contributed by atoms with van der Waals surface area (Å²) in [6.07, 6.45) is 0. The number of nitrogens with one attached hydrogen (secondary N) is 1. The molecular weight excluding hydrogens is 367 g/mol. The Balaban J connectivity index is 2.02. The van der Waals surface area contributed by atoms with Gasteiger partial charge in [-0.15, -0.1) is 0 Å². The van der Waals surface area contributed by atoms with Gasteiger partial charge in [-0.3, -0.25) is 4.79 Å². The Morgan fingerprint density at radius 1 is 1.23 bits per heavy atom. The van der Waals surface area contributed by atoms with E-state index in [0.29, 0.717) is 21.7 Å². The number of thioether (sulfide) groups is 1. The van der Waals surface area contributed by atoms with E-state index in [1.54, 1.807) is 13.0 Å². The normalized spacial score (nSPS) is 10.5. The Kier molecular flexibility index (Phi) is 5.74. The number of nitrogens with zero attached hydrogens (tertiary/aromatic N) is 2. The van der Waals surface area contributed by atoms with Gasteiger partial charge in [-0.25, -0.2) is 9.97 Å². The van der Waals surface area contributed by atoms with E-state index in [1.807, 2.05) is 0 Å². The molecule has 0 saturated carbocycles. The molecule has 0 radical (unpaired) electrons. The van der Waals surface area contributed by atoms with Crippen molar-refractivity contribution in [3.05, 3.63) is 39.0 Å². The van der Waals surface area contributed by atoms with E-state index in [-0.39, 0.29) is 21.7 Å². The number of amides is 1. The van der Waals surface area contributed by atoms with Crippen molar-refractivity contribution in [2.24, 2.45) is 0 Å². The average molecular weight is 378 g/mol. The van der Waals surface area contributed by atoms with Gasteiger partial charge in [0, 0.05) is 16.8 Å². The molecule has 2 rings (SSSR count). The number of nitrogen functional groups attached to an aromatic ring is 1. The number of nitrogens with two attached hydrogens (primary N) is 1. The first-order valence-corrected chi connectivity index (χ1v) is 8.15. The van der Waals surface area contributed by atoms with Gasteiger partial charge >= 0.3 is 0 Å². The lowest BCUT2D eigenvalue weighted by Gasteiger charge is -2.09. The molecule has 0 fully saturated rings. The summed E-state index contributed by atoms with van der Waals surface area (Å²) in [6, 6.07) is 4.65. The van der Waals surface area contributed by atoms with Crippen molar-refractivity contribution in [2.45, 2.75) is 12.1 Å². The number of hydrogen-bond acceptors (Lipinski definition) is 5. The summed E-state index contributed by atoms with van der Waals surface area (Å²) in [5.41, 5.74) is 6.69. The molecule has 1 aromatic carbocycles. The van der Waals surface area contributed by atoms with Crippen LogP contribution >= 0.6 is 46.6 Å². The third kappa shape index (κ3) is 4.64. The first-order chi connectivity index (χ1) is 10.3. The minimum Gasteiger partial charge on any atom is -0.384 e. The molecular formula is C13H11Cl3N4OS. The average Bonchev–Trinajstić information content (AvgIpc) is 2.39. The standard InChI is InChI=1S/C13H11Cl3N4OS/c1-6-2-10(17)19-13(18-6)22-5-11(21)20-12-8(15)3-7(14)4-9(12)16/h2-4H,5H2,1H3,(H,20,21)(H2,17,18,19). The molecule has 0 aliphatic carbocycles. The van der Waals surface area contributed by atoms with Crippen molar-refractivity contribution >= 4 is 64.0 Å². The summed E-state index contributed by atoms with van der Waals surface area (Å²) in [6.45, 7) is 1.80. The maximum absolute atomic E-state index is 12.0. The zero-order chi connectivity index (χ0) is 16.3. The molecule has 0 aliphatic rings. The summed E-state index contributed by atoms with van der Waals surface area (Å²) in [4.78, 5) is 20.2. The van der Waals surface area contributed by atoms with Crippen LogP contribution in [-0.2, 0) is 4.79 Å². The summed E-state index contributed by atoms with van der Waals surface area (Å²) in [5.74, 6) is 0.164. The lowest BCUT2D eigenvalue weighted by atomic mass is 10.3. The first-order valence-electron chi connectivity index (χ1n) is 6.03. The molecule has 0 atom stereocenters. The van der Waals surface area contributed by atoms with E-state index >= 15 is 0 Å². The van der Waals surface area contributed by atoms with Crippen molar-refractivity contribution in [1.82, 2.24) is 9.97 Å². The van der Waals surface area contributed by atoms with Gasteiger partial charge in [-0.05, 0) is 19.1 Å². The summed E-state index contributed by atoms with van der Waals surface area (Å²) in [5, 5.41) is 4.00. The lowest BCUT2D eigenvalue weighted by Crippen LogP contribution is -2.15. The minimum absolute atomic E-state index is 0.0954. The Morgan fingerprint density at radius 2 is 1.86 bits per heavy atom. The molecule has 22 heavy (non-hydrogen) atoms. The van der Waals surface area contributed by atoms with E-state index in [0.717, 1.165) is 17.5 Å². The fourth-order valence-corrected chi connectivity index (χ4v) is 3.22. The van der Waals surface area contributed by atoms with E-state index in [1.165, 1.54) is 12.1 Å². The smallest absolute Gasteiger partial charge is 0.234 e. The Bertz CT molecular complexity index is 683. The molecule has 5 nitrogen and oxygen atoms in total. The van der Waals surface area contributed by atoms with Crippen LogP contribution in [0, 0.1) is 6.92 Å². The highest BCUT2D eigenvalue weighted by atomic mass is 35.5. The summed E-state index contributed by atoms with van der Waals surface area (Å²) >= 11 is 19.0. The van der Waals surface area contributed by atoms with Crippen molar-refractivity contribution in [2.75, 3.05) is 16.8 Å². The maximum Gasteiger partial charge on any atom is 0.234 e. The number of rotatable bonds is 4. The molecule has 0 saturated heterocycles. The highest BCUT2D eigenvalue weighted by Crippen LogP contribution is 2.33. The number of carbonyl (C=O) groups is 1. The Labute approximate surface area is 146 Å². The molecule has 116 valence electrons. The number of aromatic nitrogens is 2. The van der Waals surface area contributed by atoms with Gasteiger partial charge in [0.25, 0.3) is 0 Å². The number of anilines is 2. The second-order valence-electron chi connectivity index (χ2n) is 4.30. The van der Waals surface area contributed by atoms with Crippen LogP contribution in [0.1, 0.15) is 5.69 Å². The van der Waals surface area contributed by atoms with Gasteiger partial charge < -0.3 is 11.1 Å². The van der Waals surface area contributed by atoms with E-state index in [2.05, 4.69) is 15.3 Å². The predicted molar refractivity (Wildman–Crippen MR) is 92.0 cm³/mol. The Morgan fingerprint density at radius 3 is 2.45 bits per heavy atom. The predicted octanol–water partition coefficient (Wildman–Crippen LogP) is 4.06. The van der Waals surface area contributed by atoms with Crippen LogP contribution in [0.25, 0.3) is 0 Å². The van der Waals surface area contributed by atoms with E-state index in [4.69, 9.17) is 40.5 Å². The highest BCUT2D eigenvalue weighted by molar-refractivity contribution is 7.99. The monoisotopic (exact) mass is 376 g/mol. The van der Waals surface area contributed by atoms with Crippen molar-refractivity contribution in [3.63, 3.8) is 0 Å². The fourth-order valence-electron chi connectivity index (χ4n) is 1.60. The van der Waals surface area contributed by atoms with Crippen molar-refractivity contribution in [3.8, 4) is 0 Å². The van der Waals surface area contributed by atoms with Crippen LogP contribution in [0.15, 0.2) is 23.4 Å². The summed E-state index contributed by atoms with van der Waals surface area (Å²) in [7, 11) is 0. The molecule has 0 unspecified atom stereocenters. The van der Waals surface area contributed by atoms with Crippen molar-refractivity contribution in [1.29, 1.82) is 0 Å². The third-order valence-electron chi connectivity index (χ3n) is 2.46. The largest absolute Gasteiger partial charge is 0.384 e. The van der Waals surface area contributed by atoms with Crippen LogP contribution in [0.3, 0.4) is 0 Å². The van der Waals surface area contributed by atoms with Crippen molar-refractivity contribution < 1.29 is 4.79 Å². The minimum atomic E-state index is -0.292. The second-order valence-corrected chi connectivity index (χ2v) is 6.49. The summed E-state index contributed by atoms with van der Waals surface area (Å²) < 4.78 is 0. The maximum atomic E-state index is 12.0. The number of hydrogen-bond donors (Lipinski definition) is 2. The molecule has 0 bridgehead atoms. The molecule has 9 heteroatoms. The molecule has 1 aromatic heterocycles. The quantitative estimate of drug-likeness (QED) is 0.620. The van der Waals surface area contributed by atoms with E-state index in [9.17, 15) is 4.79 Å². The van der Waals surface area contributed by atoms with Gasteiger partial charge in [0.15, 0.2) is 5.16 Å². The fraction of sp³-hybridized carbons (Fsp3) is 0.154. The lowest BCUT2D eigenvalue weighted by molar-refractivity contribution is -0.113. The molecule has 1 amide bonds. The van der Waals surface area contributed by atoms with Gasteiger partial charge in [0.05, 0.1) is 21.5 Å². The van der Waals surface area contributed by atoms with E-state index < -0.39 is 0 Å². The second kappa shape index (κ2) is 7.37. The molecule has 2 aromatic rings. The Hall–Kier alpha value is -1.21. The van der Waals surface area contributed by atoms with Gasteiger partial charge in [0.2, 0.25) is 5.91 Å². The molecule has 0 aliphatic heterocycles. The number of aryl methyl sites for hydroxylation is 1. The first kappa shape index (κ1) is 17.1. The van der Waals surface area contributed by atoms with Crippen LogP contribution in [0.5, 0.6) is 0 Å². The molecule has 1 heterocycles. The van der Waals surface area contributed by atoms with Crippen LogP contribution < -0.4 is 11.1 Å². The van der Waals surface area contributed by atoms with Gasteiger partial charge in [-0.2, -0.15) is 0 Å². The zero-order valence-electron chi connectivity index (χ0n) is 11.4. The number of halogens is 3.